The molecule has 0 radical (unpaired) electrons. The van der Waals surface area contributed by atoms with E-state index in [1.54, 1.807) is 13.0 Å². The number of hydrogen-bond donors (Lipinski definition) is 1. The number of aryl methyl sites for hydroxylation is 1. The van der Waals surface area contributed by atoms with Crippen LogP contribution in [0.5, 0.6) is 5.88 Å². The van der Waals surface area contributed by atoms with Gasteiger partial charge < -0.3 is 15.2 Å². The van der Waals surface area contributed by atoms with Crippen LogP contribution in [-0.4, -0.2) is 40.1 Å². The van der Waals surface area contributed by atoms with Gasteiger partial charge in [-0.15, -0.1) is 0 Å². The van der Waals surface area contributed by atoms with Gasteiger partial charge in [-0.25, -0.2) is 24.7 Å². The van der Waals surface area contributed by atoms with Gasteiger partial charge in [0.2, 0.25) is 5.88 Å². The molecular weight excluding hydrogens is 262 g/mol. The third kappa shape index (κ3) is 2.48. The highest BCUT2D eigenvalue weighted by Gasteiger charge is 2.18. The number of ether oxygens (including phenoxy) is 2. The van der Waals surface area contributed by atoms with E-state index in [1.165, 1.54) is 20.5 Å². The molecule has 104 valence electrons. The molecule has 0 amide bonds. The highest BCUT2D eigenvalue weighted by atomic mass is 16.5. The Balaban J connectivity index is 2.51. The molecule has 2 rings (SSSR count). The lowest BCUT2D eigenvalue weighted by Gasteiger charge is -2.08. The third-order valence-electron chi connectivity index (χ3n) is 2.59. The zero-order chi connectivity index (χ0) is 14.7. The van der Waals surface area contributed by atoms with E-state index < -0.39 is 5.97 Å². The number of carbonyl (C=O) groups excluding carboxylic acids is 1. The molecule has 0 unspecified atom stereocenters. The molecule has 0 bridgehead atoms. The fourth-order valence-electron chi connectivity index (χ4n) is 1.64. The Kier molecular flexibility index (Phi) is 3.74. The van der Waals surface area contributed by atoms with Crippen molar-refractivity contribution in [1.82, 2.24) is 19.9 Å². The molecular formula is C12H13N5O3. The number of aromatic nitrogens is 4. The molecule has 0 aliphatic rings. The molecule has 0 aliphatic heterocycles. The number of nitrogens with zero attached hydrogens (tertiary/aromatic N) is 4. The maximum Gasteiger partial charge on any atom is 0.343 e. The molecule has 0 spiro atoms. The predicted octanol–water partition coefficient (Wildman–Crippen LogP) is 0.619. The summed E-state index contributed by atoms with van der Waals surface area (Å²) >= 11 is 0. The molecule has 2 heterocycles. The Morgan fingerprint density at radius 3 is 2.60 bits per heavy atom. The molecule has 0 aromatic carbocycles. The molecule has 2 aromatic rings. The summed E-state index contributed by atoms with van der Waals surface area (Å²) in [6, 6.07) is 1.58. The maximum atomic E-state index is 11.6. The van der Waals surface area contributed by atoms with Crippen molar-refractivity contribution in [2.75, 3.05) is 20.0 Å². The maximum absolute atomic E-state index is 11.6. The number of hydrogen-bond acceptors (Lipinski definition) is 8. The fraction of sp³-hybridized carbons (Fsp3) is 0.250. The van der Waals surface area contributed by atoms with Crippen molar-refractivity contribution in [2.24, 2.45) is 0 Å². The first-order chi connectivity index (χ1) is 9.56. The minimum atomic E-state index is -0.577. The standard InChI is InChI=1S/C12H13N5O3/c1-6-9(12(18)20-3)10(13)17-11(16-6)7-4-8(19-2)15-5-14-7/h4-5H,1-3H3,(H2,13,16,17). The minimum Gasteiger partial charge on any atom is -0.481 e. The van der Waals surface area contributed by atoms with Crippen molar-refractivity contribution in [3.63, 3.8) is 0 Å². The lowest BCUT2D eigenvalue weighted by Crippen LogP contribution is -2.12. The number of esters is 1. The van der Waals surface area contributed by atoms with E-state index in [0.29, 0.717) is 17.3 Å². The Morgan fingerprint density at radius 2 is 2.00 bits per heavy atom. The Bertz CT molecular complexity index is 636. The molecule has 0 saturated heterocycles. The van der Waals surface area contributed by atoms with Gasteiger partial charge in [-0.3, -0.25) is 0 Å². The van der Waals surface area contributed by atoms with Gasteiger partial charge in [0.1, 0.15) is 23.4 Å². The van der Waals surface area contributed by atoms with E-state index in [4.69, 9.17) is 10.5 Å². The van der Waals surface area contributed by atoms with Crippen LogP contribution in [0.1, 0.15) is 16.1 Å². The molecule has 0 saturated carbocycles. The number of rotatable bonds is 3. The van der Waals surface area contributed by atoms with Gasteiger partial charge in [0.15, 0.2) is 5.82 Å². The summed E-state index contributed by atoms with van der Waals surface area (Å²) in [5, 5.41) is 0. The molecule has 0 aliphatic carbocycles. The first-order valence-corrected chi connectivity index (χ1v) is 5.65. The first-order valence-electron chi connectivity index (χ1n) is 5.65. The Labute approximate surface area is 115 Å². The number of nitrogens with two attached hydrogens (primary N) is 1. The summed E-state index contributed by atoms with van der Waals surface area (Å²) in [5.41, 5.74) is 6.79. The normalized spacial score (nSPS) is 10.2. The number of methoxy groups -OCH3 is 2. The highest BCUT2D eigenvalue weighted by molar-refractivity contribution is 5.95. The predicted molar refractivity (Wildman–Crippen MR) is 70.1 cm³/mol. The van der Waals surface area contributed by atoms with Gasteiger partial charge in [0, 0.05) is 6.07 Å². The van der Waals surface area contributed by atoms with Crippen LogP contribution in [0, 0.1) is 6.92 Å². The van der Waals surface area contributed by atoms with Gasteiger partial charge in [0.05, 0.1) is 19.9 Å². The van der Waals surface area contributed by atoms with Crippen LogP contribution >= 0.6 is 0 Å². The summed E-state index contributed by atoms with van der Waals surface area (Å²) < 4.78 is 9.64. The number of carbonyl (C=O) groups is 1. The van der Waals surface area contributed by atoms with Crippen LogP contribution in [-0.2, 0) is 4.74 Å². The highest BCUT2D eigenvalue weighted by Crippen LogP contribution is 2.21. The van der Waals surface area contributed by atoms with Crippen LogP contribution < -0.4 is 10.5 Å². The van der Waals surface area contributed by atoms with E-state index in [-0.39, 0.29) is 17.2 Å². The summed E-state index contributed by atoms with van der Waals surface area (Å²) in [4.78, 5) is 27.8. The second-order valence-electron chi connectivity index (χ2n) is 3.83. The van der Waals surface area contributed by atoms with Crippen molar-refractivity contribution in [1.29, 1.82) is 0 Å². The second kappa shape index (κ2) is 5.47. The van der Waals surface area contributed by atoms with Crippen molar-refractivity contribution in [3.8, 4) is 17.4 Å². The summed E-state index contributed by atoms with van der Waals surface area (Å²) in [5.74, 6) is 0.129. The molecule has 2 aromatic heterocycles. The molecule has 0 atom stereocenters. The van der Waals surface area contributed by atoms with E-state index in [0.717, 1.165) is 0 Å². The van der Waals surface area contributed by atoms with Gasteiger partial charge >= 0.3 is 5.97 Å². The molecule has 8 heteroatoms. The second-order valence-corrected chi connectivity index (χ2v) is 3.83. The minimum absolute atomic E-state index is 0.0388. The molecule has 8 nitrogen and oxygen atoms in total. The number of nitrogen functional groups attached to an aromatic ring is 1. The van der Waals surface area contributed by atoms with Gasteiger partial charge in [-0.2, -0.15) is 0 Å². The summed E-state index contributed by atoms with van der Waals surface area (Å²) in [7, 11) is 2.76. The van der Waals surface area contributed by atoms with Crippen molar-refractivity contribution >= 4 is 11.8 Å². The van der Waals surface area contributed by atoms with Crippen LogP contribution in [0.25, 0.3) is 11.5 Å². The molecule has 20 heavy (non-hydrogen) atoms. The van der Waals surface area contributed by atoms with E-state index >= 15 is 0 Å². The van der Waals surface area contributed by atoms with Crippen molar-refractivity contribution in [3.05, 3.63) is 23.7 Å². The first kappa shape index (κ1) is 13.7. The smallest absolute Gasteiger partial charge is 0.343 e. The third-order valence-corrected chi connectivity index (χ3v) is 2.59. The summed E-state index contributed by atoms with van der Waals surface area (Å²) in [6.07, 6.45) is 1.33. The van der Waals surface area contributed by atoms with Crippen LogP contribution in [0.15, 0.2) is 12.4 Å². The van der Waals surface area contributed by atoms with Crippen molar-refractivity contribution in [2.45, 2.75) is 6.92 Å². The SMILES string of the molecule is COC(=O)c1c(C)nc(-c2cc(OC)ncn2)nc1N. The van der Waals surface area contributed by atoms with Gasteiger partial charge in [-0.05, 0) is 6.92 Å². The van der Waals surface area contributed by atoms with Crippen LogP contribution in [0.2, 0.25) is 0 Å². The average molecular weight is 275 g/mol. The van der Waals surface area contributed by atoms with Gasteiger partial charge in [0.25, 0.3) is 0 Å². The zero-order valence-electron chi connectivity index (χ0n) is 11.2. The Hall–Kier alpha value is -2.77. The lowest BCUT2D eigenvalue weighted by atomic mass is 10.2. The summed E-state index contributed by atoms with van der Waals surface area (Å²) in [6.45, 7) is 1.65. The quantitative estimate of drug-likeness (QED) is 0.811. The largest absolute Gasteiger partial charge is 0.481 e. The zero-order valence-corrected chi connectivity index (χ0v) is 11.2. The van der Waals surface area contributed by atoms with Crippen LogP contribution in [0.4, 0.5) is 5.82 Å². The Morgan fingerprint density at radius 1 is 1.25 bits per heavy atom. The molecule has 0 fully saturated rings. The lowest BCUT2D eigenvalue weighted by molar-refractivity contribution is 0.0600. The van der Waals surface area contributed by atoms with E-state index in [9.17, 15) is 4.79 Å². The van der Waals surface area contributed by atoms with Crippen LogP contribution in [0.3, 0.4) is 0 Å². The number of anilines is 1. The molecule has 2 N–H and O–H groups in total. The fourth-order valence-corrected chi connectivity index (χ4v) is 1.64. The monoisotopic (exact) mass is 275 g/mol. The van der Waals surface area contributed by atoms with E-state index in [2.05, 4.69) is 24.7 Å². The van der Waals surface area contributed by atoms with Gasteiger partial charge in [-0.1, -0.05) is 0 Å². The topological polar surface area (TPSA) is 113 Å². The average Bonchev–Trinajstić information content (AvgIpc) is 2.46. The van der Waals surface area contributed by atoms with Crippen molar-refractivity contribution < 1.29 is 14.3 Å². The van der Waals surface area contributed by atoms with E-state index in [1.807, 2.05) is 0 Å².